The molecule has 2 rings (SSSR count). The number of unbranched alkanes of at least 4 members (excludes halogenated alkanes) is 1. The van der Waals surface area contributed by atoms with Gasteiger partial charge in [0.2, 0.25) is 5.91 Å². The highest BCUT2D eigenvalue weighted by Gasteiger charge is 2.31. The summed E-state index contributed by atoms with van der Waals surface area (Å²) in [5, 5.41) is 19.3. The Labute approximate surface area is 222 Å². The molecule has 0 saturated carbocycles. The Morgan fingerprint density at radius 3 is 2.39 bits per heavy atom. The molecule has 0 saturated heterocycles. The minimum Gasteiger partial charge on any atom is -0.398 e. The van der Waals surface area contributed by atoms with Gasteiger partial charge in [-0.1, -0.05) is 37.1 Å². The zero-order chi connectivity index (χ0) is 28.3. The average molecular weight is 537 g/mol. The number of rotatable bonds is 14. The molecule has 0 aliphatic rings. The van der Waals surface area contributed by atoms with Crippen molar-refractivity contribution in [2.24, 2.45) is 0 Å². The summed E-state index contributed by atoms with van der Waals surface area (Å²) in [6.07, 6.45) is -1.28. The first-order valence-electron chi connectivity index (χ1n) is 12.9. The largest absolute Gasteiger partial charge is 0.416 e. The van der Waals surface area contributed by atoms with Gasteiger partial charge in [-0.05, 0) is 75.4 Å². The molecular weight excluding hydrogens is 497 g/mol. The minimum atomic E-state index is -4.62. The van der Waals surface area contributed by atoms with E-state index in [1.54, 1.807) is 0 Å². The molecule has 0 aliphatic heterocycles. The number of hydrogen-bond acceptors (Lipinski definition) is 5. The quantitative estimate of drug-likeness (QED) is 0.183. The van der Waals surface area contributed by atoms with Crippen LogP contribution in [0.1, 0.15) is 71.6 Å². The fourth-order valence-corrected chi connectivity index (χ4v) is 4.25. The first kappa shape index (κ1) is 31.1. The fourth-order valence-electron chi connectivity index (χ4n) is 4.25. The standard InChI is InChI=1S/C28H39F3N4O3/c1-4-11-27(38,12-5-6-13-33-16-21-8-7-19(2)14-20(21)3)18-35-25(36)17-34-26(37)23-15-22(28(29,30)31)9-10-24(23)32/h7-10,14-15,33,38H,4-6,11-13,16-18,32H2,1-3H3,(H,34,37)(H,35,36). The van der Waals surface area contributed by atoms with Gasteiger partial charge in [-0.15, -0.1) is 0 Å². The van der Waals surface area contributed by atoms with Crippen LogP contribution in [0, 0.1) is 13.8 Å². The van der Waals surface area contributed by atoms with Crippen LogP contribution in [0.4, 0.5) is 18.9 Å². The number of anilines is 1. The highest BCUT2D eigenvalue weighted by atomic mass is 19.4. The smallest absolute Gasteiger partial charge is 0.398 e. The Kier molecular flexibility index (Phi) is 11.6. The van der Waals surface area contributed by atoms with Crippen LogP contribution >= 0.6 is 0 Å². The van der Waals surface area contributed by atoms with Crippen molar-refractivity contribution in [2.75, 3.05) is 25.4 Å². The summed E-state index contributed by atoms with van der Waals surface area (Å²) in [7, 11) is 0. The molecule has 2 aromatic rings. The van der Waals surface area contributed by atoms with Crippen molar-refractivity contribution in [1.82, 2.24) is 16.0 Å². The van der Waals surface area contributed by atoms with E-state index in [-0.39, 0.29) is 17.8 Å². The van der Waals surface area contributed by atoms with Crippen LogP contribution in [-0.4, -0.2) is 42.2 Å². The molecule has 210 valence electrons. The lowest BCUT2D eigenvalue weighted by molar-refractivity contribution is -0.137. The molecule has 1 unspecified atom stereocenters. The summed E-state index contributed by atoms with van der Waals surface area (Å²) in [4.78, 5) is 24.6. The van der Waals surface area contributed by atoms with Crippen molar-refractivity contribution < 1.29 is 27.9 Å². The van der Waals surface area contributed by atoms with Gasteiger partial charge in [0.1, 0.15) is 0 Å². The minimum absolute atomic E-state index is 0.0111. The SMILES string of the molecule is CCCC(O)(CCCCNCc1ccc(C)cc1C)CNC(=O)CNC(=O)c1cc(C(F)(F)F)ccc1N. The molecular formula is C28H39F3N4O3. The zero-order valence-electron chi connectivity index (χ0n) is 22.3. The highest BCUT2D eigenvalue weighted by Crippen LogP contribution is 2.31. The number of aliphatic hydroxyl groups is 1. The van der Waals surface area contributed by atoms with Gasteiger partial charge in [0.15, 0.2) is 0 Å². The molecule has 38 heavy (non-hydrogen) atoms. The van der Waals surface area contributed by atoms with E-state index in [1.165, 1.54) is 16.7 Å². The van der Waals surface area contributed by atoms with Crippen LogP contribution in [-0.2, 0) is 17.5 Å². The number of amides is 2. The van der Waals surface area contributed by atoms with Crippen molar-refractivity contribution in [3.63, 3.8) is 0 Å². The van der Waals surface area contributed by atoms with Gasteiger partial charge >= 0.3 is 6.18 Å². The van der Waals surface area contributed by atoms with Crippen LogP contribution < -0.4 is 21.7 Å². The number of aryl methyl sites for hydroxylation is 2. The molecule has 1 atom stereocenters. The van der Waals surface area contributed by atoms with Gasteiger partial charge in [-0.3, -0.25) is 9.59 Å². The number of nitrogens with one attached hydrogen (secondary N) is 3. The van der Waals surface area contributed by atoms with Gasteiger partial charge in [0, 0.05) is 18.8 Å². The number of nitrogen functional groups attached to an aromatic ring is 1. The van der Waals surface area contributed by atoms with Crippen molar-refractivity contribution in [3.05, 3.63) is 64.2 Å². The number of hydrogen-bond donors (Lipinski definition) is 5. The maximum absolute atomic E-state index is 12.9. The van der Waals surface area contributed by atoms with Gasteiger partial charge in [-0.2, -0.15) is 13.2 Å². The number of alkyl halides is 3. The Morgan fingerprint density at radius 1 is 1.00 bits per heavy atom. The third-order valence-corrected chi connectivity index (χ3v) is 6.42. The lowest BCUT2D eigenvalue weighted by Gasteiger charge is -2.28. The summed E-state index contributed by atoms with van der Waals surface area (Å²) in [6, 6.07) is 8.81. The third kappa shape index (κ3) is 9.98. The van der Waals surface area contributed by atoms with Crippen molar-refractivity contribution >= 4 is 17.5 Å². The topological polar surface area (TPSA) is 116 Å². The first-order chi connectivity index (χ1) is 17.8. The average Bonchev–Trinajstić information content (AvgIpc) is 2.84. The molecule has 2 aromatic carbocycles. The second-order valence-corrected chi connectivity index (χ2v) is 9.80. The fraction of sp³-hybridized carbons (Fsp3) is 0.500. The predicted octanol–water partition coefficient (Wildman–Crippen LogP) is 4.24. The lowest BCUT2D eigenvalue weighted by atomic mass is 9.91. The van der Waals surface area contributed by atoms with Crippen molar-refractivity contribution in [1.29, 1.82) is 0 Å². The monoisotopic (exact) mass is 536 g/mol. The van der Waals surface area contributed by atoms with Gasteiger partial charge in [0.05, 0.1) is 23.3 Å². The maximum Gasteiger partial charge on any atom is 0.416 e. The molecule has 0 bridgehead atoms. The summed E-state index contributed by atoms with van der Waals surface area (Å²) in [5.74, 6) is -1.45. The molecule has 0 fully saturated rings. The number of carbonyl (C=O) groups is 2. The van der Waals surface area contributed by atoms with Crippen LogP contribution in [0.3, 0.4) is 0 Å². The van der Waals surface area contributed by atoms with Gasteiger partial charge in [-0.25, -0.2) is 0 Å². The molecule has 0 heterocycles. The van der Waals surface area contributed by atoms with Crippen molar-refractivity contribution in [3.8, 4) is 0 Å². The molecule has 6 N–H and O–H groups in total. The van der Waals surface area contributed by atoms with Crippen LogP contribution in [0.25, 0.3) is 0 Å². The number of benzene rings is 2. The van der Waals surface area contributed by atoms with Crippen molar-refractivity contribution in [2.45, 2.75) is 71.2 Å². The third-order valence-electron chi connectivity index (χ3n) is 6.42. The Balaban J connectivity index is 1.76. The normalized spacial score (nSPS) is 13.1. The number of nitrogens with two attached hydrogens (primary N) is 1. The van der Waals surface area contributed by atoms with Crippen LogP contribution in [0.2, 0.25) is 0 Å². The van der Waals surface area contributed by atoms with E-state index in [0.717, 1.165) is 44.5 Å². The maximum atomic E-state index is 12.9. The summed E-state index contributed by atoms with van der Waals surface area (Å²) in [5.41, 5.74) is 6.79. The second kappa shape index (κ2) is 14.2. The predicted molar refractivity (Wildman–Crippen MR) is 143 cm³/mol. The Morgan fingerprint density at radius 2 is 1.74 bits per heavy atom. The molecule has 7 nitrogen and oxygen atoms in total. The van der Waals surface area contributed by atoms with E-state index < -0.39 is 35.7 Å². The molecule has 0 radical (unpaired) electrons. The van der Waals surface area contributed by atoms with Crippen LogP contribution in [0.15, 0.2) is 36.4 Å². The van der Waals surface area contributed by atoms with E-state index in [9.17, 15) is 27.9 Å². The van der Waals surface area contributed by atoms with E-state index in [4.69, 9.17) is 5.73 Å². The molecule has 0 aliphatic carbocycles. The number of halogens is 3. The molecule has 10 heteroatoms. The summed E-state index contributed by atoms with van der Waals surface area (Å²) >= 11 is 0. The van der Waals surface area contributed by atoms with Crippen LogP contribution in [0.5, 0.6) is 0 Å². The highest BCUT2D eigenvalue weighted by molar-refractivity contribution is 6.00. The summed E-state index contributed by atoms with van der Waals surface area (Å²) < 4.78 is 38.8. The van der Waals surface area contributed by atoms with Gasteiger partial charge < -0.3 is 26.8 Å². The first-order valence-corrected chi connectivity index (χ1v) is 12.9. The van der Waals surface area contributed by atoms with Gasteiger partial charge in [0.25, 0.3) is 5.91 Å². The van der Waals surface area contributed by atoms with E-state index >= 15 is 0 Å². The Bertz CT molecular complexity index is 1090. The van der Waals surface area contributed by atoms with E-state index in [0.29, 0.717) is 18.9 Å². The Hall–Kier alpha value is -3.11. The molecule has 0 spiro atoms. The molecule has 2 amide bonds. The summed E-state index contributed by atoms with van der Waals surface area (Å²) in [6.45, 7) is 7.23. The second-order valence-electron chi connectivity index (χ2n) is 9.80. The number of carbonyl (C=O) groups excluding carboxylic acids is 2. The lowest BCUT2D eigenvalue weighted by Crippen LogP contribution is -2.46. The van der Waals surface area contributed by atoms with E-state index in [2.05, 4.69) is 48.0 Å². The zero-order valence-corrected chi connectivity index (χ0v) is 22.3. The van der Waals surface area contributed by atoms with E-state index in [1.807, 2.05) is 6.92 Å². The molecule has 0 aromatic heterocycles.